The van der Waals surface area contributed by atoms with Gasteiger partial charge < -0.3 is 14.8 Å². The van der Waals surface area contributed by atoms with Crippen LogP contribution in [0.3, 0.4) is 0 Å². The van der Waals surface area contributed by atoms with Crippen LogP contribution in [-0.4, -0.2) is 33.9 Å². The Hall–Kier alpha value is -3.00. The maximum atomic E-state index is 12.0. The first-order chi connectivity index (χ1) is 11.0. The Morgan fingerprint density at radius 1 is 1.35 bits per heavy atom. The minimum atomic E-state index is -0.632. The Balaban J connectivity index is 2.24. The fourth-order valence-corrected chi connectivity index (χ4v) is 2.46. The lowest BCUT2D eigenvalue weighted by atomic mass is 10.0. The summed E-state index contributed by atoms with van der Waals surface area (Å²) in [4.78, 5) is 33.0. The largest absolute Gasteiger partial charge is 0.494 e. The van der Waals surface area contributed by atoms with Gasteiger partial charge in [-0.1, -0.05) is 18.2 Å². The van der Waals surface area contributed by atoms with E-state index < -0.39 is 11.5 Å². The second-order valence-electron chi connectivity index (χ2n) is 4.70. The van der Waals surface area contributed by atoms with E-state index >= 15 is 0 Å². The fourth-order valence-electron chi connectivity index (χ4n) is 2.27. The molecule has 8 heteroatoms. The number of nitrogens with zero attached hydrogens (tertiary/aromatic N) is 1. The number of aromatic hydroxyl groups is 1. The van der Waals surface area contributed by atoms with Gasteiger partial charge >= 0.3 is 5.97 Å². The molecule has 0 bridgehead atoms. The number of aromatic amines is 2. The zero-order chi connectivity index (χ0) is 16.6. The standard InChI is InChI=1S/C15H11N3O4S/c1-22-14(21)11-8(7-4-2-3-5-10(7)16-11)6-9-12(19)17-15(23)18-13(9)20/h2-6H,1H3,(H3,17,18,19,20,23). The van der Waals surface area contributed by atoms with Gasteiger partial charge in [-0.25, -0.2) is 9.79 Å². The number of H-pyrrole nitrogens is 2. The van der Waals surface area contributed by atoms with Crippen molar-refractivity contribution in [2.75, 3.05) is 7.11 Å². The molecule has 0 fully saturated rings. The van der Waals surface area contributed by atoms with E-state index in [9.17, 15) is 14.7 Å². The number of aliphatic imine (C=N–C) groups is 1. The van der Waals surface area contributed by atoms with Crippen molar-refractivity contribution in [3.05, 3.63) is 50.5 Å². The van der Waals surface area contributed by atoms with Gasteiger partial charge in [0.1, 0.15) is 5.56 Å². The average Bonchev–Trinajstić information content (AvgIpc) is 2.88. The summed E-state index contributed by atoms with van der Waals surface area (Å²) in [6, 6.07) is 7.06. The Morgan fingerprint density at radius 2 is 2.09 bits per heavy atom. The van der Waals surface area contributed by atoms with Crippen molar-refractivity contribution < 1.29 is 14.6 Å². The van der Waals surface area contributed by atoms with E-state index in [0.29, 0.717) is 16.8 Å². The van der Waals surface area contributed by atoms with Crippen LogP contribution in [0.5, 0.6) is 5.88 Å². The van der Waals surface area contributed by atoms with Crippen LogP contribution < -0.4 is 5.56 Å². The highest BCUT2D eigenvalue weighted by molar-refractivity contribution is 7.71. The summed E-state index contributed by atoms with van der Waals surface area (Å²) >= 11 is 4.79. The van der Waals surface area contributed by atoms with Crippen LogP contribution in [0.4, 0.5) is 5.69 Å². The number of aromatic nitrogens is 2. The van der Waals surface area contributed by atoms with Gasteiger partial charge in [-0.2, -0.15) is 0 Å². The van der Waals surface area contributed by atoms with Crippen molar-refractivity contribution in [1.82, 2.24) is 9.97 Å². The van der Waals surface area contributed by atoms with Gasteiger partial charge in [0.2, 0.25) is 5.88 Å². The van der Waals surface area contributed by atoms with Crippen molar-refractivity contribution in [2.24, 2.45) is 4.99 Å². The minimum Gasteiger partial charge on any atom is -0.494 e. The number of hydrogen-bond acceptors (Lipinski definition) is 6. The molecule has 0 atom stereocenters. The van der Waals surface area contributed by atoms with Crippen LogP contribution in [0.25, 0.3) is 11.6 Å². The van der Waals surface area contributed by atoms with Gasteiger partial charge in [-0.05, 0) is 24.4 Å². The third kappa shape index (κ3) is 2.59. The maximum Gasteiger partial charge on any atom is 0.357 e. The molecule has 1 aromatic carbocycles. The molecule has 0 saturated heterocycles. The molecule has 1 aliphatic heterocycles. The Morgan fingerprint density at radius 3 is 2.78 bits per heavy atom. The van der Waals surface area contributed by atoms with Crippen LogP contribution >= 0.6 is 12.2 Å². The SMILES string of the molecule is COC(=O)C1=Nc2ccccc2C1=Cc1c(O)[nH]c(=S)[nH]c1=O. The van der Waals surface area contributed by atoms with Gasteiger partial charge in [0, 0.05) is 11.1 Å². The van der Waals surface area contributed by atoms with Gasteiger partial charge in [-0.3, -0.25) is 9.78 Å². The number of hydrogen-bond donors (Lipinski definition) is 3. The third-order valence-corrected chi connectivity index (χ3v) is 3.51. The van der Waals surface area contributed by atoms with Crippen molar-refractivity contribution >= 4 is 41.2 Å². The van der Waals surface area contributed by atoms with E-state index in [2.05, 4.69) is 15.0 Å². The molecule has 0 amide bonds. The normalized spacial score (nSPS) is 14.5. The Bertz CT molecular complexity index is 985. The van der Waals surface area contributed by atoms with Crippen molar-refractivity contribution in [3.8, 4) is 5.88 Å². The number of carbonyl (C=O) groups is 1. The molecule has 116 valence electrons. The highest BCUT2D eigenvalue weighted by Crippen LogP contribution is 2.36. The molecule has 3 N–H and O–H groups in total. The second kappa shape index (κ2) is 5.65. The predicted octanol–water partition coefficient (Wildman–Crippen LogP) is 1.94. The first kappa shape index (κ1) is 14.9. The van der Waals surface area contributed by atoms with Crippen LogP contribution in [0.1, 0.15) is 11.1 Å². The maximum absolute atomic E-state index is 12.0. The first-order valence-electron chi connectivity index (χ1n) is 6.55. The molecule has 0 saturated carbocycles. The molecule has 3 rings (SSSR count). The summed E-state index contributed by atoms with van der Waals surface area (Å²) in [7, 11) is 1.25. The molecule has 0 spiro atoms. The number of methoxy groups -OCH3 is 1. The van der Waals surface area contributed by atoms with Crippen molar-refractivity contribution in [3.63, 3.8) is 0 Å². The summed E-state index contributed by atoms with van der Waals surface area (Å²) in [6.45, 7) is 0. The smallest absolute Gasteiger partial charge is 0.357 e. The topological polar surface area (TPSA) is 108 Å². The number of carbonyl (C=O) groups excluding carboxylic acids is 1. The number of esters is 1. The number of benzene rings is 1. The van der Waals surface area contributed by atoms with Crippen molar-refractivity contribution in [1.29, 1.82) is 0 Å². The molecule has 7 nitrogen and oxygen atoms in total. The zero-order valence-electron chi connectivity index (χ0n) is 11.9. The Kier molecular flexibility index (Phi) is 3.67. The molecule has 0 unspecified atom stereocenters. The van der Waals surface area contributed by atoms with E-state index in [-0.39, 0.29) is 21.9 Å². The molecular formula is C15H11N3O4S. The quantitative estimate of drug-likeness (QED) is 0.576. The number of para-hydroxylation sites is 1. The van der Waals surface area contributed by atoms with Crippen LogP contribution in [0, 0.1) is 4.77 Å². The van der Waals surface area contributed by atoms with Crippen LogP contribution in [0.2, 0.25) is 0 Å². The number of rotatable bonds is 2. The number of nitrogens with one attached hydrogen (secondary N) is 2. The highest BCUT2D eigenvalue weighted by atomic mass is 32.1. The lowest BCUT2D eigenvalue weighted by Crippen LogP contribution is -2.16. The van der Waals surface area contributed by atoms with E-state index in [4.69, 9.17) is 17.0 Å². The molecule has 23 heavy (non-hydrogen) atoms. The molecule has 1 aliphatic rings. The molecular weight excluding hydrogens is 318 g/mol. The van der Waals surface area contributed by atoms with E-state index in [1.807, 2.05) is 0 Å². The lowest BCUT2D eigenvalue weighted by Gasteiger charge is -2.04. The molecule has 1 aromatic heterocycles. The van der Waals surface area contributed by atoms with Gasteiger partial charge in [-0.15, -0.1) is 0 Å². The summed E-state index contributed by atoms with van der Waals surface area (Å²) < 4.78 is 4.73. The first-order valence-corrected chi connectivity index (χ1v) is 6.96. The highest BCUT2D eigenvalue weighted by Gasteiger charge is 2.27. The number of fused-ring (bicyclic) bond motifs is 1. The Labute approximate surface area is 135 Å². The van der Waals surface area contributed by atoms with Crippen molar-refractivity contribution in [2.45, 2.75) is 0 Å². The summed E-state index contributed by atoms with van der Waals surface area (Å²) in [5.41, 5.74) is 1.07. The predicted molar refractivity (Wildman–Crippen MR) is 87.3 cm³/mol. The van der Waals surface area contributed by atoms with Gasteiger partial charge in [0.25, 0.3) is 5.56 Å². The monoisotopic (exact) mass is 329 g/mol. The minimum absolute atomic E-state index is 0.00308. The van der Waals surface area contributed by atoms with Crippen LogP contribution in [0.15, 0.2) is 34.1 Å². The average molecular weight is 329 g/mol. The van der Waals surface area contributed by atoms with Gasteiger partial charge in [0.05, 0.1) is 12.8 Å². The van der Waals surface area contributed by atoms with E-state index in [1.54, 1.807) is 24.3 Å². The van der Waals surface area contributed by atoms with E-state index in [1.165, 1.54) is 13.2 Å². The molecule has 2 heterocycles. The summed E-state index contributed by atoms with van der Waals surface area (Å²) in [6.07, 6.45) is 1.38. The van der Waals surface area contributed by atoms with Gasteiger partial charge in [0.15, 0.2) is 10.5 Å². The summed E-state index contributed by atoms with van der Waals surface area (Å²) in [5.74, 6) is -1.02. The summed E-state index contributed by atoms with van der Waals surface area (Å²) in [5, 5.41) is 9.92. The van der Waals surface area contributed by atoms with E-state index in [0.717, 1.165) is 0 Å². The second-order valence-corrected chi connectivity index (χ2v) is 5.11. The third-order valence-electron chi connectivity index (χ3n) is 3.31. The number of ether oxygens (including phenoxy) is 1. The lowest BCUT2D eigenvalue weighted by molar-refractivity contribution is -0.132. The fraction of sp³-hybridized carbons (Fsp3) is 0.0667. The zero-order valence-corrected chi connectivity index (χ0v) is 12.7. The van der Waals surface area contributed by atoms with Crippen LogP contribution in [-0.2, 0) is 9.53 Å². The molecule has 0 aliphatic carbocycles. The molecule has 2 aromatic rings. The molecule has 0 radical (unpaired) electrons.